The maximum atomic E-state index is 5.89. The van der Waals surface area contributed by atoms with Crippen molar-refractivity contribution in [1.29, 1.82) is 0 Å². The molecule has 0 aliphatic heterocycles. The molecule has 1 fully saturated rings. The molecule has 1 aromatic heterocycles. The molecule has 0 bridgehead atoms. The van der Waals surface area contributed by atoms with Crippen LogP contribution in [-0.4, -0.2) is 33.4 Å². The highest BCUT2D eigenvalue weighted by Crippen LogP contribution is 2.28. The average Bonchev–Trinajstić information content (AvgIpc) is 3.13. The Morgan fingerprint density at radius 3 is 2.95 bits per heavy atom. The molecule has 0 radical (unpaired) electrons. The first-order chi connectivity index (χ1) is 10.2. The molecule has 0 amide bonds. The number of rotatable bonds is 7. The number of aryl methyl sites for hydroxylation is 2. The van der Waals surface area contributed by atoms with Gasteiger partial charge >= 0.3 is 0 Å². The number of tetrazole rings is 1. The smallest absolute Gasteiger partial charge is 0.182 e. The fraction of sp³-hybridized carbons (Fsp3) is 0.533. The topological polar surface area (TPSA) is 78.9 Å². The van der Waals surface area contributed by atoms with Crippen LogP contribution in [0.25, 0.3) is 11.4 Å². The lowest BCUT2D eigenvalue weighted by molar-refractivity contribution is 0.118. The summed E-state index contributed by atoms with van der Waals surface area (Å²) in [4.78, 5) is 0. The summed E-state index contributed by atoms with van der Waals surface area (Å²) in [5.74, 6) is 1.57. The Labute approximate surface area is 124 Å². The number of nitrogens with two attached hydrogens (primary N) is 1. The molecular weight excluding hydrogens is 266 g/mol. The van der Waals surface area contributed by atoms with Gasteiger partial charge in [-0.2, -0.15) is 0 Å². The van der Waals surface area contributed by atoms with E-state index >= 15 is 0 Å². The first-order valence-electron chi connectivity index (χ1n) is 7.44. The zero-order valence-electron chi connectivity index (χ0n) is 12.3. The van der Waals surface area contributed by atoms with Crippen molar-refractivity contribution in [2.75, 3.05) is 18.9 Å². The van der Waals surface area contributed by atoms with Crippen molar-refractivity contribution in [2.24, 2.45) is 5.92 Å². The van der Waals surface area contributed by atoms with Gasteiger partial charge in [0, 0.05) is 31.0 Å². The fourth-order valence-corrected chi connectivity index (χ4v) is 2.35. The van der Waals surface area contributed by atoms with Crippen LogP contribution in [0.15, 0.2) is 18.2 Å². The standard InChI is InChI=1S/C15H21N5O/c1-11-7-13(9-14(16)8-11)15-17-18-19-20(15)5-2-6-21-10-12-3-4-12/h7-9,12H,2-6,10,16H2,1H3. The monoisotopic (exact) mass is 287 g/mol. The number of hydrogen-bond acceptors (Lipinski definition) is 5. The van der Waals surface area contributed by atoms with Crippen LogP contribution < -0.4 is 5.73 Å². The van der Waals surface area contributed by atoms with Gasteiger partial charge in [0.15, 0.2) is 5.82 Å². The van der Waals surface area contributed by atoms with Crippen molar-refractivity contribution >= 4 is 5.69 Å². The van der Waals surface area contributed by atoms with Crippen LogP contribution >= 0.6 is 0 Å². The lowest BCUT2D eigenvalue weighted by atomic mass is 10.1. The van der Waals surface area contributed by atoms with E-state index < -0.39 is 0 Å². The van der Waals surface area contributed by atoms with E-state index in [1.807, 2.05) is 29.8 Å². The second kappa shape index (κ2) is 6.22. The summed E-state index contributed by atoms with van der Waals surface area (Å²) in [6, 6.07) is 5.88. The van der Waals surface area contributed by atoms with Crippen molar-refractivity contribution < 1.29 is 4.74 Å². The van der Waals surface area contributed by atoms with Crippen molar-refractivity contribution in [3.8, 4) is 11.4 Å². The summed E-state index contributed by atoms with van der Waals surface area (Å²) < 4.78 is 7.45. The first-order valence-corrected chi connectivity index (χ1v) is 7.44. The Kier molecular flexibility index (Phi) is 4.15. The predicted molar refractivity (Wildman–Crippen MR) is 80.6 cm³/mol. The minimum Gasteiger partial charge on any atom is -0.399 e. The van der Waals surface area contributed by atoms with E-state index in [9.17, 15) is 0 Å². The molecule has 0 unspecified atom stereocenters. The van der Waals surface area contributed by atoms with E-state index in [0.29, 0.717) is 0 Å². The molecule has 3 rings (SSSR count). The summed E-state index contributed by atoms with van der Waals surface area (Å²) in [5, 5.41) is 11.9. The van der Waals surface area contributed by atoms with Crippen LogP contribution in [0.5, 0.6) is 0 Å². The molecule has 1 saturated carbocycles. The second-order valence-electron chi connectivity index (χ2n) is 5.73. The van der Waals surface area contributed by atoms with Crippen molar-refractivity contribution in [2.45, 2.75) is 32.7 Å². The van der Waals surface area contributed by atoms with Gasteiger partial charge in [0.1, 0.15) is 0 Å². The van der Waals surface area contributed by atoms with Gasteiger partial charge in [-0.3, -0.25) is 0 Å². The van der Waals surface area contributed by atoms with Gasteiger partial charge < -0.3 is 10.5 Å². The van der Waals surface area contributed by atoms with Gasteiger partial charge in [-0.15, -0.1) is 5.10 Å². The maximum Gasteiger partial charge on any atom is 0.182 e. The highest BCUT2D eigenvalue weighted by atomic mass is 16.5. The largest absolute Gasteiger partial charge is 0.399 e. The summed E-state index contributed by atoms with van der Waals surface area (Å²) in [7, 11) is 0. The first kappa shape index (κ1) is 14.0. The summed E-state index contributed by atoms with van der Waals surface area (Å²) in [6.07, 6.45) is 3.56. The summed E-state index contributed by atoms with van der Waals surface area (Å²) in [6.45, 7) is 4.42. The Bertz CT molecular complexity index is 586. The number of nitrogen functional groups attached to an aromatic ring is 1. The van der Waals surface area contributed by atoms with E-state index in [2.05, 4.69) is 15.5 Å². The van der Waals surface area contributed by atoms with Gasteiger partial charge in [-0.25, -0.2) is 4.68 Å². The van der Waals surface area contributed by atoms with Gasteiger partial charge in [-0.05, 0) is 66.3 Å². The van der Waals surface area contributed by atoms with Crippen LogP contribution in [0.1, 0.15) is 24.8 Å². The van der Waals surface area contributed by atoms with E-state index in [0.717, 1.165) is 54.7 Å². The third-order valence-corrected chi connectivity index (χ3v) is 3.60. The third kappa shape index (κ3) is 3.78. The zero-order valence-corrected chi connectivity index (χ0v) is 12.3. The Morgan fingerprint density at radius 1 is 1.33 bits per heavy atom. The van der Waals surface area contributed by atoms with Crippen LogP contribution in [0.4, 0.5) is 5.69 Å². The number of anilines is 1. The average molecular weight is 287 g/mol. The minimum absolute atomic E-state index is 0.729. The molecule has 6 heteroatoms. The van der Waals surface area contributed by atoms with Crippen molar-refractivity contribution in [1.82, 2.24) is 20.2 Å². The Hall–Kier alpha value is -1.95. The summed E-state index contributed by atoms with van der Waals surface area (Å²) in [5.41, 5.74) is 8.68. The SMILES string of the molecule is Cc1cc(N)cc(-c2nnnn2CCCOCC2CC2)c1. The van der Waals surface area contributed by atoms with Crippen LogP contribution in [0, 0.1) is 12.8 Å². The van der Waals surface area contributed by atoms with Crippen LogP contribution in [-0.2, 0) is 11.3 Å². The molecule has 0 saturated heterocycles. The normalized spacial score (nSPS) is 14.5. The maximum absolute atomic E-state index is 5.89. The lowest BCUT2D eigenvalue weighted by Gasteiger charge is -2.07. The highest BCUT2D eigenvalue weighted by Gasteiger charge is 2.20. The zero-order chi connectivity index (χ0) is 14.7. The molecular formula is C15H21N5O. The highest BCUT2D eigenvalue weighted by molar-refractivity contribution is 5.62. The van der Waals surface area contributed by atoms with Crippen LogP contribution in [0.3, 0.4) is 0 Å². The molecule has 21 heavy (non-hydrogen) atoms. The quantitative estimate of drug-likeness (QED) is 0.623. The van der Waals surface area contributed by atoms with Crippen LogP contribution in [0.2, 0.25) is 0 Å². The van der Waals surface area contributed by atoms with E-state index in [4.69, 9.17) is 10.5 Å². The number of aromatic nitrogens is 4. The van der Waals surface area contributed by atoms with Gasteiger partial charge in [0.2, 0.25) is 0 Å². The number of nitrogens with zero attached hydrogens (tertiary/aromatic N) is 4. The molecule has 1 aliphatic rings. The second-order valence-corrected chi connectivity index (χ2v) is 5.73. The Balaban J connectivity index is 1.60. The van der Waals surface area contributed by atoms with E-state index in [-0.39, 0.29) is 0 Å². The van der Waals surface area contributed by atoms with Gasteiger partial charge in [0.25, 0.3) is 0 Å². The van der Waals surface area contributed by atoms with Gasteiger partial charge in [-0.1, -0.05) is 0 Å². The minimum atomic E-state index is 0.729. The molecule has 1 aliphatic carbocycles. The van der Waals surface area contributed by atoms with E-state index in [1.165, 1.54) is 12.8 Å². The van der Waals surface area contributed by atoms with Crippen molar-refractivity contribution in [3.05, 3.63) is 23.8 Å². The molecule has 2 N–H and O–H groups in total. The number of ether oxygens (including phenoxy) is 1. The van der Waals surface area contributed by atoms with Gasteiger partial charge in [0.05, 0.1) is 0 Å². The summed E-state index contributed by atoms with van der Waals surface area (Å²) >= 11 is 0. The molecule has 0 atom stereocenters. The molecule has 2 aromatic rings. The molecule has 6 nitrogen and oxygen atoms in total. The predicted octanol–water partition coefficient (Wildman–Crippen LogP) is 2.05. The molecule has 0 spiro atoms. The molecule has 1 heterocycles. The number of benzene rings is 1. The molecule has 112 valence electrons. The molecule has 1 aromatic carbocycles. The number of hydrogen-bond donors (Lipinski definition) is 1. The fourth-order valence-electron chi connectivity index (χ4n) is 2.35. The lowest BCUT2D eigenvalue weighted by Crippen LogP contribution is -2.07. The Morgan fingerprint density at radius 2 is 2.19 bits per heavy atom. The van der Waals surface area contributed by atoms with E-state index in [1.54, 1.807) is 0 Å². The van der Waals surface area contributed by atoms with Crippen molar-refractivity contribution in [3.63, 3.8) is 0 Å². The third-order valence-electron chi connectivity index (χ3n) is 3.60.